The lowest BCUT2D eigenvalue weighted by atomic mass is 10.1. The van der Waals surface area contributed by atoms with E-state index in [0.29, 0.717) is 0 Å². The average molecular weight is 297 g/mol. The van der Waals surface area contributed by atoms with Gasteiger partial charge in [-0.2, -0.15) is 5.10 Å². The van der Waals surface area contributed by atoms with Crippen molar-refractivity contribution in [2.75, 3.05) is 0 Å². The van der Waals surface area contributed by atoms with Crippen LogP contribution in [-0.4, -0.2) is 21.3 Å². The molecule has 1 aromatic carbocycles. The summed E-state index contributed by atoms with van der Waals surface area (Å²) in [4.78, 5) is 9.00. The summed E-state index contributed by atoms with van der Waals surface area (Å²) in [5, 5.41) is 17.9. The quantitative estimate of drug-likeness (QED) is 0.878. The number of carbonyl (C=O) groups is 1. The Kier molecular flexibility index (Phi) is 5.03. The molecule has 0 spiro atoms. The molecule has 0 aliphatic heterocycles. The first kappa shape index (κ1) is 13.6. The highest BCUT2D eigenvalue weighted by Crippen LogP contribution is 2.22. The summed E-state index contributed by atoms with van der Waals surface area (Å²) in [5.41, 5.74) is 1.05. The maximum absolute atomic E-state index is 9.00. The number of benzene rings is 1. The molecule has 0 bridgehead atoms. The SMILES string of the molecule is CC(=O)O.CCc1nnc(Br)c2ccccc12. The monoisotopic (exact) mass is 296 g/mol. The molecule has 90 valence electrons. The Bertz CT molecular complexity index is 525. The number of aryl methyl sites for hydroxylation is 1. The van der Waals surface area contributed by atoms with Crippen LogP contribution in [0.2, 0.25) is 0 Å². The van der Waals surface area contributed by atoms with Crippen molar-refractivity contribution >= 4 is 32.7 Å². The maximum Gasteiger partial charge on any atom is 0.300 e. The van der Waals surface area contributed by atoms with Crippen molar-refractivity contribution in [2.24, 2.45) is 0 Å². The standard InChI is InChI=1S/C10H9BrN2.C2H4O2/c1-2-9-7-5-3-4-6-8(7)10(11)13-12-9;1-2(3)4/h3-6H,2H2,1H3;1H3,(H,3,4). The number of hydrogen-bond donors (Lipinski definition) is 1. The Morgan fingerprint density at radius 3 is 2.35 bits per heavy atom. The molecule has 2 rings (SSSR count). The summed E-state index contributed by atoms with van der Waals surface area (Å²) in [6, 6.07) is 8.16. The third-order valence-corrected chi connectivity index (χ3v) is 2.64. The van der Waals surface area contributed by atoms with Crippen LogP contribution in [0.4, 0.5) is 0 Å². The number of nitrogens with zero attached hydrogens (tertiary/aromatic N) is 2. The fourth-order valence-corrected chi connectivity index (χ4v) is 1.81. The minimum atomic E-state index is -0.833. The lowest BCUT2D eigenvalue weighted by Crippen LogP contribution is -1.93. The van der Waals surface area contributed by atoms with Crippen LogP contribution in [0.5, 0.6) is 0 Å². The zero-order chi connectivity index (χ0) is 12.8. The molecule has 17 heavy (non-hydrogen) atoms. The van der Waals surface area contributed by atoms with Gasteiger partial charge in [-0.05, 0) is 22.4 Å². The van der Waals surface area contributed by atoms with E-state index in [2.05, 4.69) is 39.1 Å². The van der Waals surface area contributed by atoms with Crippen LogP contribution in [0.1, 0.15) is 19.5 Å². The Balaban J connectivity index is 0.000000317. The molecule has 0 aliphatic rings. The largest absolute Gasteiger partial charge is 0.481 e. The molecular weight excluding hydrogens is 284 g/mol. The van der Waals surface area contributed by atoms with Crippen LogP contribution < -0.4 is 0 Å². The lowest BCUT2D eigenvalue weighted by Gasteiger charge is -2.02. The van der Waals surface area contributed by atoms with Crippen molar-refractivity contribution in [1.82, 2.24) is 10.2 Å². The van der Waals surface area contributed by atoms with Crippen molar-refractivity contribution in [2.45, 2.75) is 20.3 Å². The first-order valence-corrected chi connectivity index (χ1v) is 5.94. The van der Waals surface area contributed by atoms with Gasteiger partial charge in [0.1, 0.15) is 4.60 Å². The Morgan fingerprint density at radius 2 is 1.82 bits per heavy atom. The van der Waals surface area contributed by atoms with Gasteiger partial charge in [0.25, 0.3) is 5.97 Å². The van der Waals surface area contributed by atoms with E-state index in [9.17, 15) is 0 Å². The molecule has 5 heteroatoms. The predicted molar refractivity (Wildman–Crippen MR) is 69.9 cm³/mol. The van der Waals surface area contributed by atoms with Gasteiger partial charge in [0.15, 0.2) is 0 Å². The van der Waals surface area contributed by atoms with Crippen LogP contribution in [0.15, 0.2) is 28.9 Å². The molecule has 0 saturated carbocycles. The number of hydrogen-bond acceptors (Lipinski definition) is 3. The second-order valence-corrected chi connectivity index (χ2v) is 4.11. The van der Waals surface area contributed by atoms with E-state index >= 15 is 0 Å². The van der Waals surface area contributed by atoms with Gasteiger partial charge < -0.3 is 5.11 Å². The van der Waals surface area contributed by atoms with E-state index in [1.807, 2.05) is 18.2 Å². The third-order valence-electron chi connectivity index (χ3n) is 2.05. The molecular formula is C12H13BrN2O2. The first-order valence-electron chi connectivity index (χ1n) is 5.15. The van der Waals surface area contributed by atoms with Crippen LogP contribution in [0.3, 0.4) is 0 Å². The molecule has 0 radical (unpaired) electrons. The summed E-state index contributed by atoms with van der Waals surface area (Å²) in [6.45, 7) is 3.17. The average Bonchev–Trinajstić information content (AvgIpc) is 2.29. The molecule has 0 unspecified atom stereocenters. The van der Waals surface area contributed by atoms with Gasteiger partial charge >= 0.3 is 0 Å². The van der Waals surface area contributed by atoms with Crippen molar-refractivity contribution in [3.05, 3.63) is 34.6 Å². The van der Waals surface area contributed by atoms with Gasteiger partial charge in [0.05, 0.1) is 5.69 Å². The number of aliphatic carboxylic acids is 1. The second kappa shape index (κ2) is 6.30. The molecule has 1 aromatic heterocycles. The molecule has 1 N–H and O–H groups in total. The summed E-state index contributed by atoms with van der Waals surface area (Å²) < 4.78 is 0.820. The van der Waals surface area contributed by atoms with Crippen molar-refractivity contribution in [3.8, 4) is 0 Å². The van der Waals surface area contributed by atoms with Gasteiger partial charge in [0.2, 0.25) is 0 Å². The Hall–Kier alpha value is -1.49. The summed E-state index contributed by atoms with van der Waals surface area (Å²) in [5.74, 6) is -0.833. The molecule has 0 atom stereocenters. The summed E-state index contributed by atoms with van der Waals surface area (Å²) >= 11 is 3.39. The van der Waals surface area contributed by atoms with E-state index < -0.39 is 5.97 Å². The minimum Gasteiger partial charge on any atom is -0.481 e. The van der Waals surface area contributed by atoms with E-state index in [1.54, 1.807) is 0 Å². The minimum absolute atomic E-state index is 0.820. The molecule has 1 heterocycles. The van der Waals surface area contributed by atoms with Gasteiger partial charge in [-0.25, -0.2) is 0 Å². The zero-order valence-electron chi connectivity index (χ0n) is 9.64. The van der Waals surface area contributed by atoms with E-state index in [0.717, 1.165) is 29.0 Å². The molecule has 2 aromatic rings. The summed E-state index contributed by atoms with van der Waals surface area (Å²) in [7, 11) is 0. The Morgan fingerprint density at radius 1 is 1.29 bits per heavy atom. The van der Waals surface area contributed by atoms with Crippen LogP contribution >= 0.6 is 15.9 Å². The van der Waals surface area contributed by atoms with E-state index in [-0.39, 0.29) is 0 Å². The first-order chi connectivity index (χ1) is 8.06. The van der Waals surface area contributed by atoms with Crippen LogP contribution in [0, 0.1) is 0 Å². The summed E-state index contributed by atoms with van der Waals surface area (Å²) in [6.07, 6.45) is 0.917. The Labute approximate surface area is 108 Å². The number of carboxylic acids is 1. The number of rotatable bonds is 1. The van der Waals surface area contributed by atoms with E-state index in [1.165, 1.54) is 5.39 Å². The van der Waals surface area contributed by atoms with Gasteiger partial charge in [0, 0.05) is 17.7 Å². The van der Waals surface area contributed by atoms with Gasteiger partial charge in [-0.3, -0.25) is 4.79 Å². The third kappa shape index (κ3) is 3.78. The van der Waals surface area contributed by atoms with Crippen molar-refractivity contribution in [3.63, 3.8) is 0 Å². The number of fused-ring (bicyclic) bond motifs is 1. The smallest absolute Gasteiger partial charge is 0.300 e. The fourth-order valence-electron chi connectivity index (χ4n) is 1.39. The highest BCUT2D eigenvalue weighted by molar-refractivity contribution is 9.10. The van der Waals surface area contributed by atoms with Gasteiger partial charge in [-0.15, -0.1) is 5.10 Å². The molecule has 4 nitrogen and oxygen atoms in total. The van der Waals surface area contributed by atoms with Gasteiger partial charge in [-0.1, -0.05) is 31.2 Å². The second-order valence-electron chi connectivity index (χ2n) is 3.36. The molecule has 0 saturated heterocycles. The number of carboxylic acid groups (broad SMARTS) is 1. The van der Waals surface area contributed by atoms with Crippen molar-refractivity contribution in [1.29, 1.82) is 0 Å². The van der Waals surface area contributed by atoms with Crippen molar-refractivity contribution < 1.29 is 9.90 Å². The molecule has 0 fully saturated rings. The van der Waals surface area contributed by atoms with Crippen LogP contribution in [-0.2, 0) is 11.2 Å². The van der Waals surface area contributed by atoms with Crippen LogP contribution in [0.25, 0.3) is 10.8 Å². The molecule has 0 amide bonds. The van der Waals surface area contributed by atoms with E-state index in [4.69, 9.17) is 9.90 Å². The predicted octanol–water partition coefficient (Wildman–Crippen LogP) is 3.05. The molecule has 0 aliphatic carbocycles. The number of aromatic nitrogens is 2. The highest BCUT2D eigenvalue weighted by atomic mass is 79.9. The fraction of sp³-hybridized carbons (Fsp3) is 0.250. The zero-order valence-corrected chi connectivity index (χ0v) is 11.2. The highest BCUT2D eigenvalue weighted by Gasteiger charge is 2.04. The normalized spacial score (nSPS) is 9.59. The topological polar surface area (TPSA) is 63.1 Å². The maximum atomic E-state index is 9.00. The number of halogens is 1. The lowest BCUT2D eigenvalue weighted by molar-refractivity contribution is -0.134.